The zero-order valence-corrected chi connectivity index (χ0v) is 5.77. The highest BCUT2D eigenvalue weighted by Crippen LogP contribution is 2.05. The summed E-state index contributed by atoms with van der Waals surface area (Å²) in [5.74, 6) is 5.55. The monoisotopic (exact) mass is 140 g/mol. The quantitative estimate of drug-likeness (QED) is 0.531. The number of hydrazine groups is 1. The van der Waals surface area contributed by atoms with Crippen LogP contribution in [0.3, 0.4) is 0 Å². The fourth-order valence-corrected chi connectivity index (χ4v) is 0.929. The lowest BCUT2D eigenvalue weighted by molar-refractivity contribution is 0.229. The molecule has 1 atom stereocenters. The average Bonchev–Trinajstić information content (AvgIpc) is 1.94. The molecule has 0 amide bonds. The number of aliphatic hydroxyl groups excluding tert-OH is 1. The van der Waals surface area contributed by atoms with Crippen molar-refractivity contribution in [3.05, 3.63) is 24.4 Å². The molecule has 10 heavy (non-hydrogen) atoms. The van der Waals surface area contributed by atoms with Gasteiger partial charge < -0.3 is 10.1 Å². The zero-order valence-electron chi connectivity index (χ0n) is 5.77. The van der Waals surface area contributed by atoms with Gasteiger partial charge in [-0.1, -0.05) is 12.2 Å². The maximum absolute atomic E-state index is 8.60. The van der Waals surface area contributed by atoms with Gasteiger partial charge in [0, 0.05) is 12.8 Å². The Labute approximate surface area is 60.4 Å². The van der Waals surface area contributed by atoms with Gasteiger partial charge in [0.15, 0.2) is 0 Å². The van der Waals surface area contributed by atoms with E-state index in [-0.39, 0.29) is 12.6 Å². The summed E-state index contributed by atoms with van der Waals surface area (Å²) in [7, 11) is 0. The van der Waals surface area contributed by atoms with Crippen molar-refractivity contribution in [3.8, 4) is 0 Å². The SMILES string of the molecule is NN1C=CC=C[C@H]1CCO. The van der Waals surface area contributed by atoms with E-state index in [0.717, 1.165) is 0 Å². The summed E-state index contributed by atoms with van der Waals surface area (Å²) >= 11 is 0. The predicted octanol–water partition coefficient (Wildman–Crippen LogP) is -0.00340. The first-order valence-electron chi connectivity index (χ1n) is 3.33. The van der Waals surface area contributed by atoms with Crippen molar-refractivity contribution in [2.75, 3.05) is 6.61 Å². The molecule has 0 bridgehead atoms. The highest BCUT2D eigenvalue weighted by atomic mass is 16.3. The Hall–Kier alpha value is -0.800. The largest absolute Gasteiger partial charge is 0.396 e. The minimum absolute atomic E-state index is 0.162. The van der Waals surface area contributed by atoms with E-state index in [9.17, 15) is 0 Å². The summed E-state index contributed by atoms with van der Waals surface area (Å²) in [6, 6.07) is 0.162. The van der Waals surface area contributed by atoms with Crippen molar-refractivity contribution in [2.24, 2.45) is 5.84 Å². The van der Waals surface area contributed by atoms with Gasteiger partial charge in [0.1, 0.15) is 0 Å². The maximum Gasteiger partial charge on any atom is 0.0650 e. The van der Waals surface area contributed by atoms with Crippen LogP contribution in [0.5, 0.6) is 0 Å². The van der Waals surface area contributed by atoms with Crippen molar-refractivity contribution in [2.45, 2.75) is 12.5 Å². The summed E-state index contributed by atoms with van der Waals surface area (Å²) in [6.45, 7) is 0.177. The molecular weight excluding hydrogens is 128 g/mol. The van der Waals surface area contributed by atoms with E-state index in [1.807, 2.05) is 18.2 Å². The summed E-state index contributed by atoms with van der Waals surface area (Å²) in [6.07, 6.45) is 8.26. The molecule has 56 valence electrons. The van der Waals surface area contributed by atoms with E-state index in [4.69, 9.17) is 10.9 Å². The van der Waals surface area contributed by atoms with Crippen LogP contribution in [0.4, 0.5) is 0 Å². The topological polar surface area (TPSA) is 49.5 Å². The molecule has 1 heterocycles. The predicted molar refractivity (Wildman–Crippen MR) is 39.8 cm³/mol. The molecule has 0 saturated heterocycles. The van der Waals surface area contributed by atoms with Crippen molar-refractivity contribution in [1.29, 1.82) is 0 Å². The summed E-state index contributed by atoms with van der Waals surface area (Å²) in [4.78, 5) is 0. The second-order valence-corrected chi connectivity index (χ2v) is 2.25. The zero-order chi connectivity index (χ0) is 7.40. The number of rotatable bonds is 2. The second kappa shape index (κ2) is 3.39. The Bertz CT molecular complexity index is 154. The highest BCUT2D eigenvalue weighted by Gasteiger charge is 2.08. The maximum atomic E-state index is 8.60. The van der Waals surface area contributed by atoms with Gasteiger partial charge in [0.25, 0.3) is 0 Å². The third-order valence-electron chi connectivity index (χ3n) is 1.51. The summed E-state index contributed by atoms with van der Waals surface area (Å²) in [5.41, 5.74) is 0. The second-order valence-electron chi connectivity index (χ2n) is 2.25. The van der Waals surface area contributed by atoms with Crippen LogP contribution in [0.2, 0.25) is 0 Å². The van der Waals surface area contributed by atoms with Gasteiger partial charge in [0.05, 0.1) is 6.04 Å². The minimum Gasteiger partial charge on any atom is -0.396 e. The van der Waals surface area contributed by atoms with Gasteiger partial charge in [0.2, 0.25) is 0 Å². The number of nitrogens with two attached hydrogens (primary N) is 1. The van der Waals surface area contributed by atoms with Crippen molar-refractivity contribution in [1.82, 2.24) is 5.01 Å². The molecule has 3 nitrogen and oxygen atoms in total. The third-order valence-corrected chi connectivity index (χ3v) is 1.51. The first-order valence-corrected chi connectivity index (χ1v) is 3.33. The Kier molecular flexibility index (Phi) is 2.48. The van der Waals surface area contributed by atoms with Crippen LogP contribution in [-0.2, 0) is 0 Å². The standard InChI is InChI=1S/C7H12N2O/c8-9-5-2-1-3-7(9)4-6-10/h1-3,5,7,10H,4,6,8H2/t7-/m0/s1. The molecule has 1 aliphatic rings. The molecule has 0 unspecified atom stereocenters. The third kappa shape index (κ3) is 1.59. The molecule has 0 radical (unpaired) electrons. The Morgan fingerprint density at radius 1 is 1.50 bits per heavy atom. The van der Waals surface area contributed by atoms with E-state index < -0.39 is 0 Å². The van der Waals surface area contributed by atoms with Gasteiger partial charge in [-0.2, -0.15) is 0 Å². The van der Waals surface area contributed by atoms with Gasteiger partial charge >= 0.3 is 0 Å². The molecular formula is C7H12N2O. The smallest absolute Gasteiger partial charge is 0.0650 e. The molecule has 0 aromatic heterocycles. The lowest BCUT2D eigenvalue weighted by Crippen LogP contribution is -2.36. The number of hydrogen-bond acceptors (Lipinski definition) is 3. The lowest BCUT2D eigenvalue weighted by atomic mass is 10.1. The molecule has 3 N–H and O–H groups in total. The van der Waals surface area contributed by atoms with E-state index in [1.54, 1.807) is 11.2 Å². The molecule has 0 saturated carbocycles. The van der Waals surface area contributed by atoms with Crippen LogP contribution in [0, 0.1) is 0 Å². The molecule has 0 aliphatic carbocycles. The van der Waals surface area contributed by atoms with E-state index >= 15 is 0 Å². The fourth-order valence-electron chi connectivity index (χ4n) is 0.929. The number of nitrogens with zero attached hydrogens (tertiary/aromatic N) is 1. The molecule has 0 fully saturated rings. The number of allylic oxidation sites excluding steroid dienone is 2. The van der Waals surface area contributed by atoms with Gasteiger partial charge in [-0.25, -0.2) is 5.84 Å². The van der Waals surface area contributed by atoms with Crippen LogP contribution >= 0.6 is 0 Å². The molecule has 0 aromatic rings. The fraction of sp³-hybridized carbons (Fsp3) is 0.429. The molecule has 0 aromatic carbocycles. The van der Waals surface area contributed by atoms with Crippen molar-refractivity contribution >= 4 is 0 Å². The van der Waals surface area contributed by atoms with Crippen LogP contribution in [-0.4, -0.2) is 22.8 Å². The molecule has 3 heteroatoms. The number of aliphatic hydroxyl groups is 1. The van der Waals surface area contributed by atoms with Gasteiger partial charge in [-0.15, -0.1) is 0 Å². The van der Waals surface area contributed by atoms with Crippen molar-refractivity contribution < 1.29 is 5.11 Å². The van der Waals surface area contributed by atoms with E-state index in [2.05, 4.69) is 0 Å². The first-order chi connectivity index (χ1) is 4.84. The Morgan fingerprint density at radius 3 is 2.90 bits per heavy atom. The van der Waals surface area contributed by atoms with Crippen LogP contribution in [0.15, 0.2) is 24.4 Å². The van der Waals surface area contributed by atoms with E-state index in [1.165, 1.54) is 0 Å². The van der Waals surface area contributed by atoms with Crippen LogP contribution in [0.1, 0.15) is 6.42 Å². The van der Waals surface area contributed by atoms with Crippen LogP contribution < -0.4 is 5.84 Å². The normalized spacial score (nSPS) is 23.8. The summed E-state index contributed by atoms with van der Waals surface area (Å²) < 4.78 is 0. The van der Waals surface area contributed by atoms with Gasteiger partial charge in [-0.3, -0.25) is 0 Å². The number of hydrogen-bond donors (Lipinski definition) is 2. The van der Waals surface area contributed by atoms with Crippen LogP contribution in [0.25, 0.3) is 0 Å². The Morgan fingerprint density at radius 2 is 2.30 bits per heavy atom. The Balaban J connectivity index is 2.44. The highest BCUT2D eigenvalue weighted by molar-refractivity contribution is 5.11. The summed E-state index contributed by atoms with van der Waals surface area (Å²) in [5, 5.41) is 10.2. The van der Waals surface area contributed by atoms with Crippen molar-refractivity contribution in [3.63, 3.8) is 0 Å². The minimum atomic E-state index is 0.162. The molecule has 1 rings (SSSR count). The average molecular weight is 140 g/mol. The molecule has 0 spiro atoms. The van der Waals surface area contributed by atoms with Gasteiger partial charge in [-0.05, 0) is 12.5 Å². The first kappa shape index (κ1) is 7.31. The van der Waals surface area contributed by atoms with E-state index in [0.29, 0.717) is 6.42 Å². The lowest BCUT2D eigenvalue weighted by Gasteiger charge is -2.24. The molecule has 1 aliphatic heterocycles.